The third kappa shape index (κ3) is 5.55. The molecule has 0 aromatic rings. The molecule has 1 aliphatic heterocycles. The molecule has 0 aliphatic carbocycles. The van der Waals surface area contributed by atoms with Crippen molar-refractivity contribution < 1.29 is 4.74 Å². The van der Waals surface area contributed by atoms with E-state index in [-0.39, 0.29) is 0 Å². The number of thioether (sulfide) groups is 1. The van der Waals surface area contributed by atoms with Crippen molar-refractivity contribution in [1.29, 1.82) is 0 Å². The Morgan fingerprint density at radius 3 is 3.08 bits per heavy atom. The summed E-state index contributed by atoms with van der Waals surface area (Å²) in [5.74, 6) is 2.52. The second-order valence-electron chi connectivity index (χ2n) is 3.57. The van der Waals surface area contributed by atoms with Crippen molar-refractivity contribution in [1.82, 2.24) is 5.32 Å². The molecule has 78 valence electrons. The van der Waals surface area contributed by atoms with Crippen molar-refractivity contribution in [3.8, 4) is 0 Å². The van der Waals surface area contributed by atoms with E-state index >= 15 is 0 Å². The van der Waals surface area contributed by atoms with Crippen LogP contribution in [0.4, 0.5) is 0 Å². The second-order valence-corrected chi connectivity index (χ2v) is 4.72. The molecule has 1 saturated heterocycles. The highest BCUT2D eigenvalue weighted by Crippen LogP contribution is 2.13. The highest BCUT2D eigenvalue weighted by molar-refractivity contribution is 7.99. The van der Waals surface area contributed by atoms with Crippen LogP contribution < -0.4 is 5.32 Å². The lowest BCUT2D eigenvalue weighted by Crippen LogP contribution is -2.35. The minimum Gasteiger partial charge on any atom is -0.385 e. The molecule has 1 fully saturated rings. The molecule has 0 aromatic heterocycles. The molecule has 0 saturated carbocycles. The average Bonchev–Trinajstić information content (AvgIpc) is 2.19. The van der Waals surface area contributed by atoms with Gasteiger partial charge in [-0.25, -0.2) is 0 Å². The molecule has 1 N–H and O–H groups in total. The lowest BCUT2D eigenvalue weighted by atomic mass is 10.1. The first-order chi connectivity index (χ1) is 6.43. The summed E-state index contributed by atoms with van der Waals surface area (Å²) in [6.45, 7) is 2.13. The van der Waals surface area contributed by atoms with Crippen molar-refractivity contribution in [2.45, 2.75) is 31.7 Å². The van der Waals surface area contributed by atoms with Crippen molar-refractivity contribution in [2.24, 2.45) is 0 Å². The maximum atomic E-state index is 5.00. The van der Waals surface area contributed by atoms with E-state index in [2.05, 4.69) is 17.1 Å². The van der Waals surface area contributed by atoms with E-state index in [4.69, 9.17) is 4.74 Å². The summed E-state index contributed by atoms with van der Waals surface area (Å²) in [5.41, 5.74) is 0. The quantitative estimate of drug-likeness (QED) is 0.666. The maximum absolute atomic E-state index is 5.00. The van der Waals surface area contributed by atoms with Gasteiger partial charge in [0, 0.05) is 25.5 Å². The first kappa shape index (κ1) is 11.3. The minimum atomic E-state index is 0.779. The Balaban J connectivity index is 1.86. The fourth-order valence-electron chi connectivity index (χ4n) is 1.60. The molecular formula is C10H21NOS. The molecule has 0 bridgehead atoms. The van der Waals surface area contributed by atoms with Crippen LogP contribution in [0.3, 0.4) is 0 Å². The van der Waals surface area contributed by atoms with Gasteiger partial charge in [0.15, 0.2) is 0 Å². The predicted octanol–water partition coefficient (Wildman–Crippen LogP) is 1.90. The number of hydrogen-bond acceptors (Lipinski definition) is 3. The summed E-state index contributed by atoms with van der Waals surface area (Å²) in [5, 5.41) is 3.56. The molecule has 1 rings (SSSR count). The van der Waals surface area contributed by atoms with Crippen LogP contribution in [0.2, 0.25) is 0 Å². The zero-order valence-corrected chi connectivity index (χ0v) is 9.37. The van der Waals surface area contributed by atoms with Crippen molar-refractivity contribution in [3.63, 3.8) is 0 Å². The summed E-state index contributed by atoms with van der Waals surface area (Å²) >= 11 is 2.06. The highest BCUT2D eigenvalue weighted by atomic mass is 32.2. The van der Waals surface area contributed by atoms with Crippen molar-refractivity contribution >= 4 is 11.8 Å². The Labute approximate surface area is 85.8 Å². The van der Waals surface area contributed by atoms with Gasteiger partial charge >= 0.3 is 0 Å². The van der Waals surface area contributed by atoms with Gasteiger partial charge in [0.2, 0.25) is 0 Å². The van der Waals surface area contributed by atoms with Crippen LogP contribution in [0.1, 0.15) is 25.7 Å². The van der Waals surface area contributed by atoms with E-state index in [0.717, 1.165) is 12.6 Å². The van der Waals surface area contributed by atoms with E-state index in [9.17, 15) is 0 Å². The van der Waals surface area contributed by atoms with Gasteiger partial charge in [0.05, 0.1) is 0 Å². The first-order valence-corrected chi connectivity index (χ1v) is 6.39. The lowest BCUT2D eigenvalue weighted by molar-refractivity contribution is 0.200. The van der Waals surface area contributed by atoms with E-state index in [1.54, 1.807) is 7.11 Å². The Bertz CT molecular complexity index is 115. The molecule has 0 aromatic carbocycles. The van der Waals surface area contributed by atoms with Gasteiger partial charge in [0.25, 0.3) is 0 Å². The van der Waals surface area contributed by atoms with Crippen molar-refractivity contribution in [3.05, 3.63) is 0 Å². The minimum absolute atomic E-state index is 0.779. The molecule has 2 nitrogen and oxygen atoms in total. The van der Waals surface area contributed by atoms with Crippen LogP contribution in [0.15, 0.2) is 0 Å². The number of piperidine rings is 1. The van der Waals surface area contributed by atoms with Crippen LogP contribution in [0.25, 0.3) is 0 Å². The summed E-state index contributed by atoms with van der Waals surface area (Å²) in [6, 6.07) is 0.779. The number of nitrogens with one attached hydrogen (secondary N) is 1. The number of hydrogen-bond donors (Lipinski definition) is 1. The monoisotopic (exact) mass is 203 g/mol. The molecule has 1 heterocycles. The zero-order valence-electron chi connectivity index (χ0n) is 8.55. The molecule has 1 unspecified atom stereocenters. The fourth-order valence-corrected chi connectivity index (χ4v) is 2.65. The predicted molar refractivity (Wildman–Crippen MR) is 59.5 cm³/mol. The Kier molecular flexibility index (Phi) is 6.68. The molecular weight excluding hydrogens is 182 g/mol. The SMILES string of the molecule is COCCCSCC1CCCCN1. The fraction of sp³-hybridized carbons (Fsp3) is 1.00. The third-order valence-electron chi connectivity index (χ3n) is 2.37. The second kappa shape index (κ2) is 7.65. The number of methoxy groups -OCH3 is 1. The summed E-state index contributed by atoms with van der Waals surface area (Å²) in [4.78, 5) is 0. The van der Waals surface area contributed by atoms with Crippen LogP contribution in [0.5, 0.6) is 0 Å². The Morgan fingerprint density at radius 1 is 1.46 bits per heavy atom. The smallest absolute Gasteiger partial charge is 0.0470 e. The Morgan fingerprint density at radius 2 is 2.38 bits per heavy atom. The van der Waals surface area contributed by atoms with Crippen molar-refractivity contribution in [2.75, 3.05) is 31.8 Å². The van der Waals surface area contributed by atoms with Gasteiger partial charge < -0.3 is 10.1 Å². The van der Waals surface area contributed by atoms with Crippen LogP contribution in [0, 0.1) is 0 Å². The third-order valence-corrected chi connectivity index (χ3v) is 3.58. The number of ether oxygens (including phenoxy) is 1. The van der Waals surface area contributed by atoms with Crippen LogP contribution in [-0.2, 0) is 4.74 Å². The van der Waals surface area contributed by atoms with Gasteiger partial charge in [-0.1, -0.05) is 6.42 Å². The van der Waals surface area contributed by atoms with Gasteiger partial charge in [-0.05, 0) is 31.6 Å². The topological polar surface area (TPSA) is 21.3 Å². The van der Waals surface area contributed by atoms with Crippen LogP contribution >= 0.6 is 11.8 Å². The average molecular weight is 203 g/mol. The van der Waals surface area contributed by atoms with E-state index in [1.807, 2.05) is 0 Å². The number of rotatable bonds is 6. The molecule has 3 heteroatoms. The van der Waals surface area contributed by atoms with E-state index < -0.39 is 0 Å². The molecule has 0 spiro atoms. The van der Waals surface area contributed by atoms with Gasteiger partial charge in [0.1, 0.15) is 0 Å². The van der Waals surface area contributed by atoms with E-state index in [1.165, 1.54) is 43.7 Å². The molecule has 0 amide bonds. The van der Waals surface area contributed by atoms with Crippen LogP contribution in [-0.4, -0.2) is 37.8 Å². The lowest BCUT2D eigenvalue weighted by Gasteiger charge is -2.22. The first-order valence-electron chi connectivity index (χ1n) is 5.23. The van der Waals surface area contributed by atoms with Gasteiger partial charge in [-0.3, -0.25) is 0 Å². The summed E-state index contributed by atoms with van der Waals surface area (Å²) < 4.78 is 5.00. The highest BCUT2D eigenvalue weighted by Gasteiger charge is 2.11. The maximum Gasteiger partial charge on any atom is 0.0470 e. The molecule has 1 atom stereocenters. The molecule has 0 radical (unpaired) electrons. The standard InChI is InChI=1S/C10H21NOS/c1-12-7-4-8-13-9-10-5-2-3-6-11-10/h10-11H,2-9H2,1H3. The summed E-state index contributed by atoms with van der Waals surface area (Å²) in [6.07, 6.45) is 5.34. The summed E-state index contributed by atoms with van der Waals surface area (Å²) in [7, 11) is 1.77. The van der Waals surface area contributed by atoms with E-state index in [0.29, 0.717) is 0 Å². The molecule has 1 aliphatic rings. The molecule has 13 heavy (non-hydrogen) atoms. The van der Waals surface area contributed by atoms with Gasteiger partial charge in [-0.2, -0.15) is 11.8 Å². The Hall–Kier alpha value is 0.270. The normalized spacial score (nSPS) is 23.3. The van der Waals surface area contributed by atoms with Gasteiger partial charge in [-0.15, -0.1) is 0 Å². The zero-order chi connectivity index (χ0) is 9.36. The largest absolute Gasteiger partial charge is 0.385 e.